The molecule has 0 bridgehead atoms. The van der Waals surface area contributed by atoms with Gasteiger partial charge in [-0.15, -0.1) is 0 Å². The predicted octanol–water partition coefficient (Wildman–Crippen LogP) is 5.79. The number of hydrogen-bond acceptors (Lipinski definition) is 4. The number of aromatic nitrogens is 1. The largest absolute Gasteiger partial charge is 0.446 e. The fourth-order valence-corrected chi connectivity index (χ4v) is 8.47. The first-order valence-corrected chi connectivity index (χ1v) is 13.8. The summed E-state index contributed by atoms with van der Waals surface area (Å²) < 4.78 is 6.06. The number of carbonyl (C=O) groups is 1. The maximum atomic E-state index is 12.8. The van der Waals surface area contributed by atoms with Crippen molar-refractivity contribution in [3.05, 3.63) is 47.8 Å². The summed E-state index contributed by atoms with van der Waals surface area (Å²) in [5, 5.41) is 0. The zero-order valence-electron chi connectivity index (χ0n) is 21.7. The van der Waals surface area contributed by atoms with Crippen LogP contribution in [-0.2, 0) is 4.74 Å². The van der Waals surface area contributed by atoms with E-state index in [1.165, 1.54) is 36.8 Å². The molecule has 2 saturated carbocycles. The average molecular weight is 476 g/mol. The van der Waals surface area contributed by atoms with Crippen molar-refractivity contribution in [1.82, 2.24) is 14.8 Å². The summed E-state index contributed by atoms with van der Waals surface area (Å²) in [4.78, 5) is 21.4. The zero-order chi connectivity index (χ0) is 24.2. The Bertz CT molecular complexity index is 1030. The molecule has 1 amide bonds. The number of hydrogen-bond donors (Lipinski definition) is 0. The van der Waals surface area contributed by atoms with E-state index >= 15 is 0 Å². The number of amides is 1. The van der Waals surface area contributed by atoms with E-state index in [-0.39, 0.29) is 23.0 Å². The minimum absolute atomic E-state index is 0.0391. The summed E-state index contributed by atoms with van der Waals surface area (Å²) in [6, 6.07) is 4.31. The molecule has 35 heavy (non-hydrogen) atoms. The van der Waals surface area contributed by atoms with Crippen molar-refractivity contribution in [2.45, 2.75) is 64.9 Å². The SMILES string of the molecule is CN1CCN(C(=O)OC2CCC3(C)C(=CC[C@@H]4C3CCC3(C)C(c5cccnc5)=CCC43)C2)CC1. The number of nitrogens with zero attached hydrogens (tertiary/aromatic N) is 3. The van der Waals surface area contributed by atoms with Crippen LogP contribution in [0, 0.1) is 28.6 Å². The summed E-state index contributed by atoms with van der Waals surface area (Å²) in [6.07, 6.45) is 17.0. The van der Waals surface area contributed by atoms with Crippen LogP contribution in [0.2, 0.25) is 0 Å². The van der Waals surface area contributed by atoms with Gasteiger partial charge in [-0.25, -0.2) is 4.79 Å². The van der Waals surface area contributed by atoms with Crippen molar-refractivity contribution in [2.75, 3.05) is 33.2 Å². The van der Waals surface area contributed by atoms with E-state index < -0.39 is 0 Å². The quantitative estimate of drug-likeness (QED) is 0.508. The lowest BCUT2D eigenvalue weighted by Crippen LogP contribution is -2.51. The number of pyridine rings is 1. The van der Waals surface area contributed by atoms with Crippen LogP contribution in [0.15, 0.2) is 42.3 Å². The van der Waals surface area contributed by atoms with Gasteiger partial charge in [-0.2, -0.15) is 0 Å². The maximum absolute atomic E-state index is 12.8. The Morgan fingerprint density at radius 3 is 2.60 bits per heavy atom. The summed E-state index contributed by atoms with van der Waals surface area (Å²) in [6.45, 7) is 8.48. The molecule has 1 aromatic rings. The van der Waals surface area contributed by atoms with Gasteiger partial charge in [-0.05, 0) is 91.4 Å². The Morgan fingerprint density at radius 2 is 1.83 bits per heavy atom. The molecule has 0 radical (unpaired) electrons. The van der Waals surface area contributed by atoms with Crippen LogP contribution in [-0.4, -0.2) is 60.2 Å². The lowest BCUT2D eigenvalue weighted by Gasteiger charge is -2.58. The molecule has 1 aliphatic heterocycles. The number of likely N-dealkylation sites (N-methyl/N-ethyl adjacent to an activating group) is 1. The van der Waals surface area contributed by atoms with Crippen molar-refractivity contribution in [2.24, 2.45) is 28.6 Å². The molecule has 5 nitrogen and oxygen atoms in total. The van der Waals surface area contributed by atoms with E-state index in [1.807, 2.05) is 11.1 Å². The number of fused-ring (bicyclic) bond motifs is 5. The summed E-state index contributed by atoms with van der Waals surface area (Å²) in [5.74, 6) is 2.22. The molecule has 188 valence electrons. The maximum Gasteiger partial charge on any atom is 0.410 e. The molecule has 0 N–H and O–H groups in total. The third-order valence-electron chi connectivity index (χ3n) is 10.6. The van der Waals surface area contributed by atoms with Gasteiger partial charge in [0.25, 0.3) is 0 Å². The second kappa shape index (κ2) is 8.76. The number of piperazine rings is 1. The normalized spacial score (nSPS) is 39.1. The molecule has 0 spiro atoms. The molecule has 5 unspecified atom stereocenters. The fraction of sp³-hybridized carbons (Fsp3) is 0.667. The first-order valence-electron chi connectivity index (χ1n) is 13.8. The molecule has 1 aromatic heterocycles. The van der Waals surface area contributed by atoms with Gasteiger partial charge in [0, 0.05) is 45.0 Å². The van der Waals surface area contributed by atoms with Crippen LogP contribution in [0.4, 0.5) is 4.79 Å². The van der Waals surface area contributed by atoms with Crippen molar-refractivity contribution >= 4 is 11.7 Å². The summed E-state index contributed by atoms with van der Waals surface area (Å²) in [5.41, 5.74) is 4.95. The minimum atomic E-state index is -0.102. The third kappa shape index (κ3) is 3.85. The topological polar surface area (TPSA) is 45.7 Å². The fourth-order valence-electron chi connectivity index (χ4n) is 8.47. The smallest absolute Gasteiger partial charge is 0.410 e. The Balaban J connectivity index is 1.15. The Labute approximate surface area is 210 Å². The molecular formula is C30H41N3O2. The van der Waals surface area contributed by atoms with Gasteiger partial charge in [0.1, 0.15) is 6.10 Å². The third-order valence-corrected chi connectivity index (χ3v) is 10.6. The van der Waals surface area contributed by atoms with Gasteiger partial charge in [0.2, 0.25) is 0 Å². The standard InChI is InChI=1S/C30H41N3O2/c1-29-12-10-23(35-28(34)33-17-15-32(3)16-18-33)19-22(29)6-7-24-26-9-8-25(21-5-4-14-31-20-21)30(26,2)13-11-27(24)29/h4-6,8,14,20,23-24,26-27H,7,9-13,15-19H2,1-3H3/t23?,24-,26?,27?,29?,30?/m0/s1. The molecule has 1 saturated heterocycles. The molecule has 0 aromatic carbocycles. The molecule has 4 aliphatic carbocycles. The number of allylic oxidation sites excluding steroid dienone is 3. The first kappa shape index (κ1) is 23.3. The van der Waals surface area contributed by atoms with Crippen LogP contribution < -0.4 is 0 Å². The van der Waals surface area contributed by atoms with E-state index in [9.17, 15) is 4.79 Å². The molecule has 6 atom stereocenters. The van der Waals surface area contributed by atoms with Crippen molar-refractivity contribution in [3.8, 4) is 0 Å². The van der Waals surface area contributed by atoms with Crippen molar-refractivity contribution in [1.29, 1.82) is 0 Å². The van der Waals surface area contributed by atoms with Gasteiger partial charge < -0.3 is 14.5 Å². The summed E-state index contributed by atoms with van der Waals surface area (Å²) in [7, 11) is 2.11. The zero-order valence-corrected chi connectivity index (χ0v) is 21.7. The number of carbonyl (C=O) groups excluding carboxylic acids is 1. The molecule has 2 heterocycles. The lowest BCUT2D eigenvalue weighted by molar-refractivity contribution is -0.0304. The summed E-state index contributed by atoms with van der Waals surface area (Å²) >= 11 is 0. The van der Waals surface area contributed by atoms with E-state index in [4.69, 9.17) is 4.74 Å². The highest BCUT2D eigenvalue weighted by atomic mass is 16.6. The first-order chi connectivity index (χ1) is 16.9. The Hall–Kier alpha value is -2.14. The Morgan fingerprint density at radius 1 is 1.03 bits per heavy atom. The van der Waals surface area contributed by atoms with Crippen LogP contribution in [0.3, 0.4) is 0 Å². The molecule has 6 rings (SSSR count). The number of rotatable bonds is 2. The van der Waals surface area contributed by atoms with E-state index in [0.717, 1.165) is 63.2 Å². The van der Waals surface area contributed by atoms with Crippen molar-refractivity contribution in [3.63, 3.8) is 0 Å². The average Bonchev–Trinajstić information content (AvgIpc) is 3.22. The molecule has 5 aliphatic rings. The monoisotopic (exact) mass is 475 g/mol. The van der Waals surface area contributed by atoms with Crippen LogP contribution in [0.25, 0.3) is 5.57 Å². The van der Waals surface area contributed by atoms with E-state index in [1.54, 1.807) is 5.57 Å². The van der Waals surface area contributed by atoms with Crippen LogP contribution in [0.1, 0.15) is 64.4 Å². The van der Waals surface area contributed by atoms with Crippen molar-refractivity contribution < 1.29 is 9.53 Å². The lowest BCUT2D eigenvalue weighted by atomic mass is 9.47. The minimum Gasteiger partial charge on any atom is -0.446 e. The van der Waals surface area contributed by atoms with Crippen LogP contribution >= 0.6 is 0 Å². The highest BCUT2D eigenvalue weighted by Crippen LogP contribution is 2.66. The van der Waals surface area contributed by atoms with Gasteiger partial charge in [0.15, 0.2) is 0 Å². The highest BCUT2D eigenvalue weighted by molar-refractivity contribution is 5.72. The Kier molecular flexibility index (Phi) is 5.82. The van der Waals surface area contributed by atoms with Gasteiger partial charge in [0.05, 0.1) is 0 Å². The second-order valence-electron chi connectivity index (χ2n) is 12.3. The molecule has 3 fully saturated rings. The molecule has 5 heteroatoms. The number of ether oxygens (including phenoxy) is 1. The predicted molar refractivity (Wildman–Crippen MR) is 139 cm³/mol. The highest BCUT2D eigenvalue weighted by Gasteiger charge is 2.57. The van der Waals surface area contributed by atoms with E-state index in [0.29, 0.717) is 0 Å². The van der Waals surface area contributed by atoms with E-state index in [2.05, 4.69) is 61.3 Å². The van der Waals surface area contributed by atoms with Gasteiger partial charge >= 0.3 is 6.09 Å². The van der Waals surface area contributed by atoms with Gasteiger partial charge in [-0.3, -0.25) is 4.98 Å². The van der Waals surface area contributed by atoms with Crippen LogP contribution in [0.5, 0.6) is 0 Å². The molecular weight excluding hydrogens is 434 g/mol. The van der Waals surface area contributed by atoms with Gasteiger partial charge in [-0.1, -0.05) is 37.6 Å². The second-order valence-corrected chi connectivity index (χ2v) is 12.3.